The van der Waals surface area contributed by atoms with Crippen LogP contribution in [0.2, 0.25) is 0 Å². The monoisotopic (exact) mass is 359 g/mol. The van der Waals surface area contributed by atoms with Crippen LogP contribution in [0.1, 0.15) is 42.5 Å². The van der Waals surface area contributed by atoms with E-state index in [4.69, 9.17) is 9.47 Å². The van der Waals surface area contributed by atoms with Gasteiger partial charge in [-0.25, -0.2) is 4.79 Å². The van der Waals surface area contributed by atoms with Crippen molar-refractivity contribution in [1.29, 1.82) is 0 Å². The first kappa shape index (κ1) is 17.0. The van der Waals surface area contributed by atoms with E-state index in [1.165, 1.54) is 12.8 Å². The average Bonchev–Trinajstić information content (AvgIpc) is 3.27. The fourth-order valence-electron chi connectivity index (χ4n) is 3.87. The summed E-state index contributed by atoms with van der Waals surface area (Å²) in [6, 6.07) is 5.60. The van der Waals surface area contributed by atoms with E-state index < -0.39 is 0 Å². The largest absolute Gasteiger partial charge is 0.454 e. The molecule has 26 heavy (non-hydrogen) atoms. The number of nitrogens with one attached hydrogen (secondary N) is 1. The number of amides is 3. The van der Waals surface area contributed by atoms with E-state index in [0.717, 1.165) is 19.3 Å². The van der Waals surface area contributed by atoms with Crippen LogP contribution in [0.5, 0.6) is 11.5 Å². The van der Waals surface area contributed by atoms with E-state index >= 15 is 0 Å². The molecule has 0 bridgehead atoms. The van der Waals surface area contributed by atoms with E-state index in [2.05, 4.69) is 5.32 Å². The highest BCUT2D eigenvalue weighted by Gasteiger charge is 2.26. The van der Waals surface area contributed by atoms with Gasteiger partial charge in [0.2, 0.25) is 6.79 Å². The summed E-state index contributed by atoms with van der Waals surface area (Å²) in [5.41, 5.74) is 0.595. The summed E-state index contributed by atoms with van der Waals surface area (Å²) >= 11 is 0. The number of nitrogens with zero attached hydrogens (tertiary/aromatic N) is 2. The zero-order valence-electron chi connectivity index (χ0n) is 14.9. The summed E-state index contributed by atoms with van der Waals surface area (Å²) < 4.78 is 10.7. The second kappa shape index (κ2) is 7.43. The molecule has 2 fully saturated rings. The summed E-state index contributed by atoms with van der Waals surface area (Å²) in [5.74, 6) is 1.26. The second-order valence-electron chi connectivity index (χ2n) is 7.13. The van der Waals surface area contributed by atoms with Gasteiger partial charge >= 0.3 is 6.03 Å². The average molecular weight is 359 g/mol. The highest BCUT2D eigenvalue weighted by molar-refractivity contribution is 5.95. The Bertz CT molecular complexity index is 687. The minimum atomic E-state index is -0.0265. The topological polar surface area (TPSA) is 71.1 Å². The maximum absolute atomic E-state index is 12.8. The molecule has 0 unspecified atom stereocenters. The Morgan fingerprint density at radius 3 is 2.50 bits per heavy atom. The van der Waals surface area contributed by atoms with Gasteiger partial charge in [-0.3, -0.25) is 4.79 Å². The highest BCUT2D eigenvalue weighted by Crippen LogP contribution is 2.32. The summed E-state index contributed by atoms with van der Waals surface area (Å²) in [7, 11) is 0. The van der Waals surface area contributed by atoms with E-state index in [0.29, 0.717) is 49.3 Å². The normalized spacial score (nSPS) is 20.2. The molecule has 3 aliphatic rings. The molecule has 140 valence electrons. The van der Waals surface area contributed by atoms with Crippen LogP contribution in [-0.4, -0.2) is 60.8 Å². The molecule has 0 radical (unpaired) electrons. The molecule has 0 aromatic heterocycles. The van der Waals surface area contributed by atoms with Gasteiger partial charge < -0.3 is 24.6 Å². The lowest BCUT2D eigenvalue weighted by atomic mass is 10.1. The van der Waals surface area contributed by atoms with Crippen LogP contribution < -0.4 is 14.8 Å². The van der Waals surface area contributed by atoms with E-state index in [-0.39, 0.29) is 18.7 Å². The molecule has 3 amide bonds. The first-order valence-corrected chi connectivity index (χ1v) is 9.45. The van der Waals surface area contributed by atoms with Gasteiger partial charge in [0.1, 0.15) is 0 Å². The number of ether oxygens (including phenoxy) is 2. The van der Waals surface area contributed by atoms with Crippen molar-refractivity contribution in [3.05, 3.63) is 23.8 Å². The van der Waals surface area contributed by atoms with Crippen molar-refractivity contribution in [2.45, 2.75) is 38.1 Å². The van der Waals surface area contributed by atoms with Gasteiger partial charge in [0.25, 0.3) is 5.91 Å². The van der Waals surface area contributed by atoms with Crippen molar-refractivity contribution >= 4 is 11.9 Å². The summed E-state index contributed by atoms with van der Waals surface area (Å²) in [4.78, 5) is 28.9. The predicted octanol–water partition coefficient (Wildman–Crippen LogP) is 2.22. The molecular formula is C19H25N3O4. The zero-order chi connectivity index (χ0) is 17.9. The molecule has 2 aliphatic heterocycles. The predicted molar refractivity (Wildman–Crippen MR) is 95.4 cm³/mol. The lowest BCUT2D eigenvalue weighted by Crippen LogP contribution is -2.45. The van der Waals surface area contributed by atoms with Crippen LogP contribution in [0.3, 0.4) is 0 Å². The molecule has 2 heterocycles. The number of benzene rings is 1. The van der Waals surface area contributed by atoms with Crippen molar-refractivity contribution in [2.24, 2.45) is 0 Å². The zero-order valence-corrected chi connectivity index (χ0v) is 14.9. The lowest BCUT2D eigenvalue weighted by Gasteiger charge is -2.24. The Morgan fingerprint density at radius 1 is 0.923 bits per heavy atom. The van der Waals surface area contributed by atoms with Crippen LogP contribution >= 0.6 is 0 Å². The first-order chi connectivity index (χ1) is 12.7. The van der Waals surface area contributed by atoms with Crippen LogP contribution in [-0.2, 0) is 0 Å². The number of urea groups is 1. The molecular weight excluding hydrogens is 334 g/mol. The minimum Gasteiger partial charge on any atom is -0.454 e. The summed E-state index contributed by atoms with van der Waals surface area (Å²) in [6.07, 6.45) is 5.34. The van der Waals surface area contributed by atoms with Gasteiger partial charge in [0.05, 0.1) is 0 Å². The van der Waals surface area contributed by atoms with Gasteiger partial charge in [-0.1, -0.05) is 12.8 Å². The van der Waals surface area contributed by atoms with E-state index in [9.17, 15) is 9.59 Å². The smallest absolute Gasteiger partial charge is 0.317 e. The third kappa shape index (κ3) is 3.57. The fourth-order valence-corrected chi connectivity index (χ4v) is 3.87. The molecule has 1 N–H and O–H groups in total. The first-order valence-electron chi connectivity index (χ1n) is 9.45. The van der Waals surface area contributed by atoms with Gasteiger partial charge in [-0.2, -0.15) is 0 Å². The summed E-state index contributed by atoms with van der Waals surface area (Å²) in [6.45, 7) is 2.64. The maximum Gasteiger partial charge on any atom is 0.317 e. The SMILES string of the molecule is O=C(NC1CCCC1)N1CCCN(C(=O)c2ccc3c(c2)OCO3)CC1. The van der Waals surface area contributed by atoms with Crippen LogP contribution in [0.15, 0.2) is 18.2 Å². The van der Waals surface area contributed by atoms with Gasteiger partial charge in [-0.05, 0) is 37.5 Å². The molecule has 1 saturated heterocycles. The quantitative estimate of drug-likeness (QED) is 0.879. The molecule has 1 saturated carbocycles. The molecule has 7 nitrogen and oxygen atoms in total. The molecule has 4 rings (SSSR count). The molecule has 0 atom stereocenters. The number of fused-ring (bicyclic) bond motifs is 1. The standard InChI is InChI=1S/C19H25N3O4/c23-18(14-6-7-16-17(12-14)26-13-25-16)21-8-3-9-22(11-10-21)19(24)20-15-4-1-2-5-15/h6-7,12,15H,1-5,8-11,13H2,(H,20,24). The maximum atomic E-state index is 12.8. The van der Waals surface area contributed by atoms with Crippen LogP contribution in [0.4, 0.5) is 4.79 Å². The minimum absolute atomic E-state index is 0.00859. The van der Waals surface area contributed by atoms with Gasteiger partial charge in [0, 0.05) is 37.8 Å². The molecule has 1 aliphatic carbocycles. The lowest BCUT2D eigenvalue weighted by molar-refractivity contribution is 0.0761. The molecule has 1 aromatic rings. The van der Waals surface area contributed by atoms with E-state index in [1.807, 2.05) is 9.80 Å². The highest BCUT2D eigenvalue weighted by atomic mass is 16.7. The third-order valence-corrected chi connectivity index (χ3v) is 5.37. The van der Waals surface area contributed by atoms with Crippen molar-refractivity contribution in [3.8, 4) is 11.5 Å². The Hall–Kier alpha value is -2.44. The Morgan fingerprint density at radius 2 is 1.65 bits per heavy atom. The number of carbonyl (C=O) groups is 2. The number of hydrogen-bond donors (Lipinski definition) is 1. The van der Waals surface area contributed by atoms with Gasteiger partial charge in [-0.15, -0.1) is 0 Å². The number of hydrogen-bond acceptors (Lipinski definition) is 4. The number of carbonyl (C=O) groups excluding carboxylic acids is 2. The molecule has 1 aromatic carbocycles. The Balaban J connectivity index is 1.35. The van der Waals surface area contributed by atoms with Crippen molar-refractivity contribution in [2.75, 3.05) is 33.0 Å². The van der Waals surface area contributed by atoms with Gasteiger partial charge in [0.15, 0.2) is 11.5 Å². The van der Waals surface area contributed by atoms with Crippen molar-refractivity contribution in [3.63, 3.8) is 0 Å². The van der Waals surface area contributed by atoms with Crippen LogP contribution in [0, 0.1) is 0 Å². The van der Waals surface area contributed by atoms with Crippen molar-refractivity contribution in [1.82, 2.24) is 15.1 Å². The van der Waals surface area contributed by atoms with Crippen LogP contribution in [0.25, 0.3) is 0 Å². The van der Waals surface area contributed by atoms with Crippen molar-refractivity contribution < 1.29 is 19.1 Å². The molecule has 7 heteroatoms. The summed E-state index contributed by atoms with van der Waals surface area (Å²) in [5, 5.41) is 3.13. The van der Waals surface area contributed by atoms with E-state index in [1.54, 1.807) is 18.2 Å². The fraction of sp³-hybridized carbons (Fsp3) is 0.579. The third-order valence-electron chi connectivity index (χ3n) is 5.37. The number of rotatable bonds is 2. The second-order valence-corrected chi connectivity index (χ2v) is 7.13. The Labute approximate surface area is 153 Å². The Kier molecular flexibility index (Phi) is 4.86. The molecule has 0 spiro atoms.